The summed E-state index contributed by atoms with van der Waals surface area (Å²) in [6.45, 7) is 2.08. The second-order valence-electron chi connectivity index (χ2n) is 8.06. The molecule has 9 nitrogen and oxygen atoms in total. The summed E-state index contributed by atoms with van der Waals surface area (Å²) in [7, 11) is 1.77. The summed E-state index contributed by atoms with van der Waals surface area (Å²) in [5, 5.41) is 14.0. The Morgan fingerprint density at radius 3 is 2.76 bits per heavy atom. The molecule has 2 aliphatic heterocycles. The van der Waals surface area contributed by atoms with Gasteiger partial charge >= 0.3 is 6.18 Å². The van der Waals surface area contributed by atoms with E-state index >= 15 is 0 Å². The Bertz CT molecular complexity index is 1220. The van der Waals surface area contributed by atoms with Crippen molar-refractivity contribution in [3.8, 4) is 11.5 Å². The molecular formula is C21H21F3N6O3. The maximum atomic E-state index is 13.9. The summed E-state index contributed by atoms with van der Waals surface area (Å²) in [5.41, 5.74) is 2.09. The van der Waals surface area contributed by atoms with E-state index in [-0.39, 0.29) is 31.3 Å². The van der Waals surface area contributed by atoms with Crippen LogP contribution < -0.4 is 20.1 Å². The SMILES string of the molecule is Cc1nn(C)cc1CNC(=O)c1cc2n(n1)C(C(F)(F)F)CC(c1ccc3c(c1)OCO3)N2. The highest BCUT2D eigenvalue weighted by Gasteiger charge is 2.47. The van der Waals surface area contributed by atoms with Crippen LogP contribution >= 0.6 is 0 Å². The average molecular weight is 462 g/mol. The number of anilines is 1. The van der Waals surface area contributed by atoms with Crippen LogP contribution in [0.4, 0.5) is 19.0 Å². The lowest BCUT2D eigenvalue weighted by molar-refractivity contribution is -0.173. The Morgan fingerprint density at radius 1 is 1.24 bits per heavy atom. The molecule has 2 N–H and O–H groups in total. The van der Waals surface area contributed by atoms with Crippen LogP contribution in [0.1, 0.15) is 45.8 Å². The van der Waals surface area contributed by atoms with Crippen molar-refractivity contribution in [3.63, 3.8) is 0 Å². The Morgan fingerprint density at radius 2 is 2.03 bits per heavy atom. The molecule has 5 rings (SSSR count). The molecule has 0 fully saturated rings. The minimum atomic E-state index is -4.54. The summed E-state index contributed by atoms with van der Waals surface area (Å²) in [4.78, 5) is 12.6. The second-order valence-corrected chi connectivity index (χ2v) is 8.06. The number of hydrogen-bond donors (Lipinski definition) is 2. The summed E-state index contributed by atoms with van der Waals surface area (Å²) in [6, 6.07) is 3.85. The van der Waals surface area contributed by atoms with E-state index < -0.39 is 24.2 Å². The van der Waals surface area contributed by atoms with E-state index in [1.807, 2.05) is 6.92 Å². The third-order valence-electron chi connectivity index (χ3n) is 5.78. The number of rotatable bonds is 4. The molecule has 2 aliphatic rings. The summed E-state index contributed by atoms with van der Waals surface area (Å²) >= 11 is 0. The topological polar surface area (TPSA) is 95.2 Å². The fourth-order valence-electron chi connectivity index (χ4n) is 4.12. The van der Waals surface area contributed by atoms with Crippen molar-refractivity contribution >= 4 is 11.7 Å². The third kappa shape index (κ3) is 3.96. The van der Waals surface area contributed by atoms with Gasteiger partial charge in [0, 0.05) is 37.8 Å². The first-order valence-electron chi connectivity index (χ1n) is 10.3. The van der Waals surface area contributed by atoms with Gasteiger partial charge in [0.15, 0.2) is 23.2 Å². The highest BCUT2D eigenvalue weighted by Crippen LogP contribution is 2.45. The zero-order valence-corrected chi connectivity index (χ0v) is 17.8. The fourth-order valence-corrected chi connectivity index (χ4v) is 4.12. The molecule has 2 atom stereocenters. The molecule has 174 valence electrons. The van der Waals surface area contributed by atoms with Crippen LogP contribution in [0, 0.1) is 6.92 Å². The van der Waals surface area contributed by atoms with Crippen LogP contribution in [0.15, 0.2) is 30.5 Å². The summed E-state index contributed by atoms with van der Waals surface area (Å²) < 4.78 is 54.8. The maximum Gasteiger partial charge on any atom is 0.410 e. The van der Waals surface area contributed by atoms with Crippen molar-refractivity contribution in [3.05, 3.63) is 53.0 Å². The number of fused-ring (bicyclic) bond motifs is 2. The quantitative estimate of drug-likeness (QED) is 0.618. The van der Waals surface area contributed by atoms with E-state index in [4.69, 9.17) is 9.47 Å². The van der Waals surface area contributed by atoms with Gasteiger partial charge < -0.3 is 20.1 Å². The van der Waals surface area contributed by atoms with E-state index in [9.17, 15) is 18.0 Å². The zero-order chi connectivity index (χ0) is 23.3. The molecule has 4 heterocycles. The first-order valence-corrected chi connectivity index (χ1v) is 10.3. The minimum absolute atomic E-state index is 0.0753. The standard InChI is InChI=1S/C21H21F3N6O3/c1-11-13(9-29(2)27-11)8-25-20(31)15-7-19-26-14(6-18(21(22,23)24)30(19)28-15)12-3-4-16-17(5-12)33-10-32-16/h3-5,7,9,14,18,26H,6,8,10H2,1-2H3,(H,25,31). The number of nitrogens with one attached hydrogen (secondary N) is 2. The second kappa shape index (κ2) is 7.71. The van der Waals surface area contributed by atoms with Gasteiger partial charge in [-0.15, -0.1) is 0 Å². The number of amides is 1. The number of benzene rings is 1. The van der Waals surface area contributed by atoms with Gasteiger partial charge in [0.1, 0.15) is 5.82 Å². The van der Waals surface area contributed by atoms with Gasteiger partial charge in [-0.25, -0.2) is 4.68 Å². The van der Waals surface area contributed by atoms with Crippen molar-refractivity contribution in [1.29, 1.82) is 0 Å². The zero-order valence-electron chi connectivity index (χ0n) is 17.8. The molecule has 33 heavy (non-hydrogen) atoms. The van der Waals surface area contributed by atoms with Crippen LogP contribution in [-0.4, -0.2) is 38.4 Å². The van der Waals surface area contributed by atoms with Crippen molar-refractivity contribution in [2.24, 2.45) is 7.05 Å². The Kier molecular flexibility index (Phi) is 4.94. The number of aromatic nitrogens is 4. The van der Waals surface area contributed by atoms with Crippen molar-refractivity contribution in [2.45, 2.75) is 38.1 Å². The van der Waals surface area contributed by atoms with Gasteiger partial charge in [-0.1, -0.05) is 6.07 Å². The van der Waals surface area contributed by atoms with E-state index in [1.54, 1.807) is 36.1 Å². The van der Waals surface area contributed by atoms with Crippen LogP contribution in [0.3, 0.4) is 0 Å². The Balaban J connectivity index is 1.39. The molecule has 0 aliphatic carbocycles. The molecule has 2 unspecified atom stereocenters. The molecule has 0 saturated heterocycles. The number of ether oxygens (including phenoxy) is 2. The number of alkyl halides is 3. The molecule has 12 heteroatoms. The molecule has 0 spiro atoms. The lowest BCUT2D eigenvalue weighted by atomic mass is 9.96. The normalized spacial score (nSPS) is 19.2. The van der Waals surface area contributed by atoms with E-state index in [0.29, 0.717) is 17.1 Å². The van der Waals surface area contributed by atoms with E-state index in [2.05, 4.69) is 20.8 Å². The Hall–Kier alpha value is -3.70. The lowest BCUT2D eigenvalue weighted by Gasteiger charge is -2.33. The van der Waals surface area contributed by atoms with E-state index in [1.165, 1.54) is 6.07 Å². The number of nitrogens with zero attached hydrogens (tertiary/aromatic N) is 4. The highest BCUT2D eigenvalue weighted by molar-refractivity contribution is 5.93. The predicted octanol–water partition coefficient (Wildman–Crippen LogP) is 3.24. The molecule has 1 amide bonds. The van der Waals surface area contributed by atoms with E-state index in [0.717, 1.165) is 15.9 Å². The van der Waals surface area contributed by atoms with Crippen LogP contribution in [0.5, 0.6) is 11.5 Å². The smallest absolute Gasteiger partial charge is 0.410 e. The average Bonchev–Trinajstić information content (AvgIpc) is 3.47. The summed E-state index contributed by atoms with van der Waals surface area (Å²) in [5.74, 6) is 0.592. The van der Waals surface area contributed by atoms with Gasteiger partial charge in [-0.05, 0) is 24.6 Å². The van der Waals surface area contributed by atoms with Gasteiger partial charge in [0.05, 0.1) is 11.7 Å². The lowest BCUT2D eigenvalue weighted by Crippen LogP contribution is -2.35. The Labute approximate surface area is 186 Å². The number of carbonyl (C=O) groups is 1. The first kappa shape index (κ1) is 21.2. The minimum Gasteiger partial charge on any atom is -0.454 e. The maximum absolute atomic E-state index is 13.9. The largest absolute Gasteiger partial charge is 0.454 e. The number of hydrogen-bond acceptors (Lipinski definition) is 6. The van der Waals surface area contributed by atoms with Gasteiger partial charge in [-0.3, -0.25) is 9.48 Å². The van der Waals surface area contributed by atoms with Crippen LogP contribution in [0.25, 0.3) is 0 Å². The van der Waals surface area contributed by atoms with Crippen molar-refractivity contribution < 1.29 is 27.4 Å². The first-order chi connectivity index (χ1) is 15.7. The van der Waals surface area contributed by atoms with Gasteiger partial charge in [0.25, 0.3) is 5.91 Å². The molecule has 0 bridgehead atoms. The fraction of sp³-hybridized carbons (Fsp3) is 0.381. The molecule has 1 aromatic carbocycles. The predicted molar refractivity (Wildman–Crippen MR) is 110 cm³/mol. The molecular weight excluding hydrogens is 441 g/mol. The van der Waals surface area contributed by atoms with Crippen LogP contribution in [-0.2, 0) is 13.6 Å². The van der Waals surface area contributed by atoms with Gasteiger partial charge in [0.2, 0.25) is 6.79 Å². The molecule has 0 saturated carbocycles. The monoisotopic (exact) mass is 462 g/mol. The van der Waals surface area contributed by atoms with Gasteiger partial charge in [-0.2, -0.15) is 23.4 Å². The number of carbonyl (C=O) groups excluding carboxylic acids is 1. The summed E-state index contributed by atoms with van der Waals surface area (Å²) in [6.07, 6.45) is -3.06. The third-order valence-corrected chi connectivity index (χ3v) is 5.78. The van der Waals surface area contributed by atoms with Crippen molar-refractivity contribution in [1.82, 2.24) is 24.9 Å². The number of aryl methyl sites for hydroxylation is 2. The van der Waals surface area contributed by atoms with Crippen LogP contribution in [0.2, 0.25) is 0 Å². The number of halogens is 3. The molecule has 3 aromatic rings. The highest BCUT2D eigenvalue weighted by atomic mass is 19.4. The van der Waals surface area contributed by atoms with Crippen molar-refractivity contribution in [2.75, 3.05) is 12.1 Å². The molecule has 0 radical (unpaired) electrons. The molecule has 2 aromatic heterocycles.